The number of aromatic nitrogens is 2. The van der Waals surface area contributed by atoms with E-state index in [-0.39, 0.29) is 0 Å². The zero-order chi connectivity index (χ0) is 10.1. The molecule has 72 valence electrons. The summed E-state index contributed by atoms with van der Waals surface area (Å²) < 4.78 is 1.96. The van der Waals surface area contributed by atoms with Gasteiger partial charge in [-0.05, 0) is 24.6 Å². The predicted molar refractivity (Wildman–Crippen MR) is 57.8 cm³/mol. The zero-order valence-corrected chi connectivity index (χ0v) is 8.36. The molecular weight excluding hydrogens is 174 g/mol. The molecule has 3 heteroatoms. The molecule has 0 aliphatic heterocycles. The second-order valence-corrected chi connectivity index (χ2v) is 3.45. The molecule has 3 nitrogen and oxygen atoms in total. The zero-order valence-electron chi connectivity index (χ0n) is 8.36. The first-order valence-electron chi connectivity index (χ1n) is 4.52. The van der Waals surface area contributed by atoms with Crippen LogP contribution in [-0.2, 0) is 7.05 Å². The van der Waals surface area contributed by atoms with E-state index in [1.165, 1.54) is 5.56 Å². The maximum atomic E-state index is 5.93. The van der Waals surface area contributed by atoms with E-state index in [0.29, 0.717) is 0 Å². The number of nitrogens with two attached hydrogens (primary N) is 1. The van der Waals surface area contributed by atoms with Crippen LogP contribution in [0.4, 0.5) is 5.69 Å². The largest absolute Gasteiger partial charge is 0.398 e. The fourth-order valence-electron chi connectivity index (χ4n) is 1.51. The number of hydrogen-bond acceptors (Lipinski definition) is 2. The van der Waals surface area contributed by atoms with Crippen molar-refractivity contribution in [2.24, 2.45) is 7.05 Å². The maximum Gasteiger partial charge on any atom is 0.141 e. The highest BCUT2D eigenvalue weighted by molar-refractivity contribution is 5.72. The van der Waals surface area contributed by atoms with Gasteiger partial charge in [0.1, 0.15) is 5.82 Å². The first-order chi connectivity index (χ1) is 6.68. The van der Waals surface area contributed by atoms with E-state index in [0.717, 1.165) is 17.1 Å². The highest BCUT2D eigenvalue weighted by atomic mass is 15.0. The minimum absolute atomic E-state index is 0.777. The van der Waals surface area contributed by atoms with Gasteiger partial charge in [-0.1, -0.05) is 6.07 Å². The van der Waals surface area contributed by atoms with Crippen LogP contribution in [0.2, 0.25) is 0 Å². The molecule has 0 fully saturated rings. The van der Waals surface area contributed by atoms with Crippen LogP contribution in [0.3, 0.4) is 0 Å². The van der Waals surface area contributed by atoms with Gasteiger partial charge in [0.2, 0.25) is 0 Å². The lowest BCUT2D eigenvalue weighted by Crippen LogP contribution is -1.96. The third-order valence-electron chi connectivity index (χ3n) is 2.27. The first kappa shape index (κ1) is 8.81. The molecule has 0 bridgehead atoms. The van der Waals surface area contributed by atoms with Gasteiger partial charge in [0.05, 0.1) is 0 Å². The summed E-state index contributed by atoms with van der Waals surface area (Å²) in [7, 11) is 1.96. The summed E-state index contributed by atoms with van der Waals surface area (Å²) in [5, 5.41) is 0. The minimum atomic E-state index is 0.777. The molecule has 2 aromatic rings. The summed E-state index contributed by atoms with van der Waals surface area (Å²) in [6, 6.07) is 6.01. The van der Waals surface area contributed by atoms with Crippen LogP contribution in [0.15, 0.2) is 30.6 Å². The van der Waals surface area contributed by atoms with Gasteiger partial charge in [-0.2, -0.15) is 0 Å². The number of anilines is 1. The first-order valence-corrected chi connectivity index (χ1v) is 4.52. The number of nitrogen functional groups attached to an aromatic ring is 1. The van der Waals surface area contributed by atoms with E-state index < -0.39 is 0 Å². The predicted octanol–water partition coefficient (Wildman–Crippen LogP) is 1.98. The van der Waals surface area contributed by atoms with E-state index >= 15 is 0 Å². The molecule has 0 radical (unpaired) electrons. The van der Waals surface area contributed by atoms with Crippen molar-refractivity contribution < 1.29 is 0 Å². The molecule has 0 amide bonds. The third-order valence-corrected chi connectivity index (χ3v) is 2.27. The Kier molecular flexibility index (Phi) is 2.00. The molecule has 0 aliphatic carbocycles. The quantitative estimate of drug-likeness (QED) is 0.694. The second-order valence-electron chi connectivity index (χ2n) is 3.45. The lowest BCUT2D eigenvalue weighted by molar-refractivity contribution is 0.925. The summed E-state index contributed by atoms with van der Waals surface area (Å²) in [4.78, 5) is 4.26. The van der Waals surface area contributed by atoms with Crippen LogP contribution in [0.1, 0.15) is 5.56 Å². The maximum absolute atomic E-state index is 5.93. The van der Waals surface area contributed by atoms with Gasteiger partial charge in [-0.15, -0.1) is 0 Å². The van der Waals surface area contributed by atoms with Crippen molar-refractivity contribution in [2.45, 2.75) is 6.92 Å². The van der Waals surface area contributed by atoms with Gasteiger partial charge in [0.25, 0.3) is 0 Å². The van der Waals surface area contributed by atoms with Gasteiger partial charge >= 0.3 is 0 Å². The topological polar surface area (TPSA) is 43.8 Å². The number of imidazole rings is 1. The second kappa shape index (κ2) is 3.18. The van der Waals surface area contributed by atoms with E-state index in [1.54, 1.807) is 6.20 Å². The average molecular weight is 187 g/mol. The highest BCUT2D eigenvalue weighted by Gasteiger charge is 2.06. The monoisotopic (exact) mass is 187 g/mol. The molecule has 2 N–H and O–H groups in total. The molecule has 1 aromatic heterocycles. The number of nitrogens with zero attached hydrogens (tertiary/aromatic N) is 2. The Morgan fingerprint density at radius 3 is 2.71 bits per heavy atom. The lowest BCUT2D eigenvalue weighted by Gasteiger charge is -2.06. The van der Waals surface area contributed by atoms with Gasteiger partial charge in [-0.3, -0.25) is 0 Å². The van der Waals surface area contributed by atoms with Crippen LogP contribution in [0.5, 0.6) is 0 Å². The number of aryl methyl sites for hydroxylation is 2. The fraction of sp³-hybridized carbons (Fsp3) is 0.182. The summed E-state index contributed by atoms with van der Waals surface area (Å²) in [6.45, 7) is 2.03. The van der Waals surface area contributed by atoms with Crippen molar-refractivity contribution in [3.8, 4) is 11.4 Å². The normalized spacial score (nSPS) is 10.4. The van der Waals surface area contributed by atoms with Gasteiger partial charge in [-0.25, -0.2) is 4.98 Å². The van der Waals surface area contributed by atoms with E-state index in [9.17, 15) is 0 Å². The Morgan fingerprint density at radius 1 is 1.36 bits per heavy atom. The van der Waals surface area contributed by atoms with Crippen molar-refractivity contribution in [1.82, 2.24) is 9.55 Å². The number of benzene rings is 1. The van der Waals surface area contributed by atoms with Crippen molar-refractivity contribution in [1.29, 1.82) is 0 Å². The molecule has 0 unspecified atom stereocenters. The van der Waals surface area contributed by atoms with Crippen LogP contribution in [0.25, 0.3) is 11.4 Å². The van der Waals surface area contributed by atoms with Crippen molar-refractivity contribution in [3.63, 3.8) is 0 Å². The Labute approximate surface area is 83.2 Å². The molecule has 0 aliphatic rings. The van der Waals surface area contributed by atoms with Crippen LogP contribution >= 0.6 is 0 Å². The molecule has 1 heterocycles. The van der Waals surface area contributed by atoms with Gasteiger partial charge < -0.3 is 10.3 Å². The molecular formula is C11H13N3. The molecule has 14 heavy (non-hydrogen) atoms. The molecule has 2 rings (SSSR count). The Hall–Kier alpha value is -1.77. The number of hydrogen-bond donors (Lipinski definition) is 1. The van der Waals surface area contributed by atoms with Crippen LogP contribution in [0, 0.1) is 6.92 Å². The fourth-order valence-corrected chi connectivity index (χ4v) is 1.51. The highest BCUT2D eigenvalue weighted by Crippen LogP contribution is 2.24. The molecule has 0 saturated carbocycles. The summed E-state index contributed by atoms with van der Waals surface area (Å²) in [5.74, 6) is 0.905. The summed E-state index contributed by atoms with van der Waals surface area (Å²) in [6.07, 6.45) is 3.68. The SMILES string of the molecule is Cc1ccc(-c2nccn2C)c(N)c1. The summed E-state index contributed by atoms with van der Waals surface area (Å²) >= 11 is 0. The Balaban J connectivity index is 2.58. The molecule has 0 spiro atoms. The number of rotatable bonds is 1. The van der Waals surface area contributed by atoms with E-state index in [1.807, 2.05) is 42.9 Å². The van der Waals surface area contributed by atoms with Crippen LogP contribution in [-0.4, -0.2) is 9.55 Å². The van der Waals surface area contributed by atoms with Crippen molar-refractivity contribution >= 4 is 5.69 Å². The minimum Gasteiger partial charge on any atom is -0.398 e. The standard InChI is InChI=1S/C11H13N3/c1-8-3-4-9(10(12)7-8)11-13-5-6-14(11)2/h3-7H,12H2,1-2H3. The smallest absolute Gasteiger partial charge is 0.141 e. The van der Waals surface area contributed by atoms with Crippen LogP contribution < -0.4 is 5.73 Å². The van der Waals surface area contributed by atoms with Gasteiger partial charge in [0, 0.05) is 30.7 Å². The average Bonchev–Trinajstić information content (AvgIpc) is 2.52. The Morgan fingerprint density at radius 2 is 2.14 bits per heavy atom. The molecule has 0 atom stereocenters. The molecule has 1 aromatic carbocycles. The lowest BCUT2D eigenvalue weighted by atomic mass is 10.1. The molecule has 0 saturated heterocycles. The van der Waals surface area contributed by atoms with Gasteiger partial charge in [0.15, 0.2) is 0 Å². The third kappa shape index (κ3) is 1.37. The van der Waals surface area contributed by atoms with Crippen molar-refractivity contribution in [3.05, 3.63) is 36.2 Å². The van der Waals surface area contributed by atoms with E-state index in [2.05, 4.69) is 4.98 Å². The van der Waals surface area contributed by atoms with Crippen molar-refractivity contribution in [2.75, 3.05) is 5.73 Å². The summed E-state index contributed by atoms with van der Waals surface area (Å²) in [5.41, 5.74) is 8.86. The Bertz CT molecular complexity index is 457. The van der Waals surface area contributed by atoms with E-state index in [4.69, 9.17) is 5.73 Å².